The lowest BCUT2D eigenvalue weighted by Crippen LogP contribution is -1.86. The van der Waals surface area contributed by atoms with Crippen molar-refractivity contribution >= 4 is 17.8 Å². The Morgan fingerprint density at radius 2 is 1.22 bits per heavy atom. The number of nitrogens with zero attached hydrogens (tertiary/aromatic N) is 1. The Labute approximate surface area is 148 Å². The summed E-state index contributed by atoms with van der Waals surface area (Å²) < 4.78 is 0. The van der Waals surface area contributed by atoms with Gasteiger partial charge in [0.15, 0.2) is 0 Å². The van der Waals surface area contributed by atoms with Gasteiger partial charge in [0, 0.05) is 17.8 Å². The van der Waals surface area contributed by atoms with Crippen molar-refractivity contribution < 1.29 is 0 Å². The highest BCUT2D eigenvalue weighted by Crippen LogP contribution is 2.12. The predicted octanol–water partition coefficient (Wildman–Crippen LogP) is 7.46. The second-order valence-corrected chi connectivity index (χ2v) is 6.91. The fourth-order valence-corrected chi connectivity index (χ4v) is 2.89. The molecular formula is C21H34ClN. The van der Waals surface area contributed by atoms with Gasteiger partial charge < -0.3 is 0 Å². The molecule has 0 heterocycles. The van der Waals surface area contributed by atoms with Crippen molar-refractivity contribution in [3.8, 4) is 0 Å². The molecule has 0 bridgehead atoms. The molecule has 0 unspecified atom stereocenters. The van der Waals surface area contributed by atoms with Crippen molar-refractivity contribution in [2.75, 3.05) is 6.54 Å². The number of aliphatic imine (C=N–C) groups is 1. The zero-order valence-corrected chi connectivity index (χ0v) is 15.7. The molecule has 1 nitrogen and oxygen atoms in total. The van der Waals surface area contributed by atoms with Crippen LogP contribution in [0.3, 0.4) is 0 Å². The van der Waals surface area contributed by atoms with Gasteiger partial charge in [-0.2, -0.15) is 0 Å². The minimum absolute atomic E-state index is 0.781. The second-order valence-electron chi connectivity index (χ2n) is 6.48. The number of halogens is 1. The highest BCUT2D eigenvalue weighted by Gasteiger charge is 1.93. The smallest absolute Gasteiger partial charge is 0.0406 e. The minimum atomic E-state index is 0.781. The first kappa shape index (κ1) is 20.2. The molecule has 0 aliphatic carbocycles. The number of unbranched alkanes of at least 4 members (excludes halogenated alkanes) is 11. The van der Waals surface area contributed by atoms with E-state index in [1.807, 2.05) is 30.5 Å². The maximum absolute atomic E-state index is 5.86. The van der Waals surface area contributed by atoms with Gasteiger partial charge in [0.05, 0.1) is 0 Å². The van der Waals surface area contributed by atoms with E-state index < -0.39 is 0 Å². The van der Waals surface area contributed by atoms with E-state index in [0.717, 1.165) is 17.1 Å². The van der Waals surface area contributed by atoms with Crippen LogP contribution in [-0.4, -0.2) is 12.8 Å². The number of hydrogen-bond acceptors (Lipinski definition) is 1. The van der Waals surface area contributed by atoms with Crippen molar-refractivity contribution in [2.24, 2.45) is 4.99 Å². The molecule has 0 N–H and O–H groups in total. The molecule has 2 heteroatoms. The Balaban J connectivity index is 1.83. The van der Waals surface area contributed by atoms with Gasteiger partial charge in [0.2, 0.25) is 0 Å². The minimum Gasteiger partial charge on any atom is -0.293 e. The average molecular weight is 336 g/mol. The third kappa shape index (κ3) is 12.3. The molecule has 0 spiro atoms. The molecule has 0 saturated carbocycles. The molecule has 130 valence electrons. The van der Waals surface area contributed by atoms with Gasteiger partial charge in [-0.1, -0.05) is 101 Å². The van der Waals surface area contributed by atoms with Crippen molar-refractivity contribution in [3.63, 3.8) is 0 Å². The van der Waals surface area contributed by atoms with E-state index in [1.54, 1.807) is 0 Å². The summed E-state index contributed by atoms with van der Waals surface area (Å²) in [4.78, 5) is 4.49. The van der Waals surface area contributed by atoms with E-state index in [2.05, 4.69) is 11.9 Å². The van der Waals surface area contributed by atoms with Crippen LogP contribution in [0.25, 0.3) is 0 Å². The average Bonchev–Trinajstić information content (AvgIpc) is 2.57. The van der Waals surface area contributed by atoms with Crippen LogP contribution in [0, 0.1) is 0 Å². The SMILES string of the molecule is CCCCCCCCCCCCCCN=Cc1ccc(Cl)cc1. The number of benzene rings is 1. The Bertz CT molecular complexity index is 397. The molecule has 1 rings (SSSR count). The van der Waals surface area contributed by atoms with Crippen LogP contribution in [0.1, 0.15) is 89.5 Å². The molecule has 0 atom stereocenters. The quantitative estimate of drug-likeness (QED) is 0.247. The molecule has 0 radical (unpaired) electrons. The van der Waals surface area contributed by atoms with Gasteiger partial charge in [-0.3, -0.25) is 4.99 Å². The van der Waals surface area contributed by atoms with Crippen molar-refractivity contribution in [1.29, 1.82) is 0 Å². The van der Waals surface area contributed by atoms with Gasteiger partial charge in [0.25, 0.3) is 0 Å². The Kier molecular flexibility index (Phi) is 13.0. The Morgan fingerprint density at radius 3 is 1.74 bits per heavy atom. The molecule has 0 fully saturated rings. The molecule has 0 amide bonds. The first-order valence-electron chi connectivity index (χ1n) is 9.58. The topological polar surface area (TPSA) is 12.4 Å². The highest BCUT2D eigenvalue weighted by molar-refractivity contribution is 6.30. The largest absolute Gasteiger partial charge is 0.293 e. The second kappa shape index (κ2) is 14.8. The lowest BCUT2D eigenvalue weighted by Gasteiger charge is -2.02. The Morgan fingerprint density at radius 1 is 0.739 bits per heavy atom. The van der Waals surface area contributed by atoms with E-state index in [-0.39, 0.29) is 0 Å². The fourth-order valence-electron chi connectivity index (χ4n) is 2.76. The molecule has 0 aliphatic rings. The van der Waals surface area contributed by atoms with Crippen molar-refractivity contribution in [1.82, 2.24) is 0 Å². The zero-order chi connectivity index (χ0) is 16.6. The van der Waals surface area contributed by atoms with Gasteiger partial charge in [-0.05, 0) is 24.1 Å². The zero-order valence-electron chi connectivity index (χ0n) is 14.9. The molecule has 1 aromatic rings. The van der Waals surface area contributed by atoms with Crippen LogP contribution < -0.4 is 0 Å². The van der Waals surface area contributed by atoms with Gasteiger partial charge >= 0.3 is 0 Å². The van der Waals surface area contributed by atoms with E-state index in [9.17, 15) is 0 Å². The Hall–Kier alpha value is -0.820. The molecular weight excluding hydrogens is 302 g/mol. The standard InChI is InChI=1S/C21H34ClN/c1-2-3-4-5-6-7-8-9-10-11-12-13-18-23-19-20-14-16-21(22)17-15-20/h14-17,19H,2-13,18H2,1H3. The maximum atomic E-state index is 5.86. The van der Waals surface area contributed by atoms with Crippen molar-refractivity contribution in [3.05, 3.63) is 34.9 Å². The summed E-state index contributed by atoms with van der Waals surface area (Å²) in [6, 6.07) is 7.83. The first-order chi connectivity index (χ1) is 11.3. The van der Waals surface area contributed by atoms with E-state index in [0.29, 0.717) is 0 Å². The van der Waals surface area contributed by atoms with E-state index in [4.69, 9.17) is 11.6 Å². The summed E-state index contributed by atoms with van der Waals surface area (Å²) in [7, 11) is 0. The van der Waals surface area contributed by atoms with Crippen LogP contribution in [0.15, 0.2) is 29.3 Å². The normalized spacial score (nSPS) is 11.4. The van der Waals surface area contributed by atoms with Crippen LogP contribution in [0.4, 0.5) is 0 Å². The number of rotatable bonds is 14. The lowest BCUT2D eigenvalue weighted by atomic mass is 10.1. The van der Waals surface area contributed by atoms with E-state index >= 15 is 0 Å². The summed E-state index contributed by atoms with van der Waals surface area (Å²) in [5.41, 5.74) is 1.13. The summed E-state index contributed by atoms with van der Waals surface area (Å²) in [6.07, 6.45) is 18.6. The van der Waals surface area contributed by atoms with Crippen LogP contribution in [0.5, 0.6) is 0 Å². The fraction of sp³-hybridized carbons (Fsp3) is 0.667. The van der Waals surface area contributed by atoms with Gasteiger partial charge in [-0.25, -0.2) is 0 Å². The van der Waals surface area contributed by atoms with Gasteiger partial charge in [-0.15, -0.1) is 0 Å². The molecule has 0 aliphatic heterocycles. The van der Waals surface area contributed by atoms with Crippen LogP contribution in [0.2, 0.25) is 5.02 Å². The molecule has 23 heavy (non-hydrogen) atoms. The maximum Gasteiger partial charge on any atom is 0.0406 e. The highest BCUT2D eigenvalue weighted by atomic mass is 35.5. The summed E-state index contributed by atoms with van der Waals surface area (Å²) in [6.45, 7) is 3.23. The number of hydrogen-bond donors (Lipinski definition) is 0. The molecule has 0 aromatic heterocycles. The summed E-state index contributed by atoms with van der Waals surface area (Å²) in [5.74, 6) is 0. The van der Waals surface area contributed by atoms with Gasteiger partial charge in [0.1, 0.15) is 0 Å². The predicted molar refractivity (Wildman–Crippen MR) is 105 cm³/mol. The van der Waals surface area contributed by atoms with Crippen LogP contribution in [-0.2, 0) is 0 Å². The lowest BCUT2D eigenvalue weighted by molar-refractivity contribution is 0.545. The van der Waals surface area contributed by atoms with E-state index in [1.165, 1.54) is 77.0 Å². The molecule has 0 saturated heterocycles. The van der Waals surface area contributed by atoms with Crippen molar-refractivity contribution in [2.45, 2.75) is 84.0 Å². The van der Waals surface area contributed by atoms with Crippen LogP contribution >= 0.6 is 11.6 Å². The third-order valence-electron chi connectivity index (χ3n) is 4.25. The summed E-state index contributed by atoms with van der Waals surface area (Å²) in [5, 5.41) is 0.781. The first-order valence-corrected chi connectivity index (χ1v) is 9.96. The monoisotopic (exact) mass is 335 g/mol. The molecule has 1 aromatic carbocycles. The third-order valence-corrected chi connectivity index (χ3v) is 4.50. The summed E-state index contributed by atoms with van der Waals surface area (Å²) >= 11 is 5.86.